The number of aryl methyl sites for hydroxylation is 1. The van der Waals surface area contributed by atoms with Gasteiger partial charge in [-0.1, -0.05) is 18.2 Å². The standard InChI is InChI=1S/C20H20F3N3O3S/c1-13-4-2-7-16-17(13)18(27)25-19(24-16)8-10-26(11-9-19)30(28,29)15-6-3-5-14(12-15)20(21,22)23/h2-7,12,24H,8-11H2,1H3,(H,25,27). The number of carbonyl (C=O) groups excluding carboxylic acids is 1. The summed E-state index contributed by atoms with van der Waals surface area (Å²) in [5.41, 5.74) is 0.273. The van der Waals surface area contributed by atoms with E-state index in [1.165, 1.54) is 0 Å². The number of fused-ring (bicyclic) bond motifs is 1. The molecule has 0 saturated carbocycles. The van der Waals surface area contributed by atoms with Crippen molar-refractivity contribution in [2.24, 2.45) is 0 Å². The SMILES string of the molecule is Cc1cccc2c1C(=O)NC1(CCN(S(=O)(=O)c3cccc(C(F)(F)F)c3)CC1)N2. The van der Waals surface area contributed by atoms with Crippen molar-refractivity contribution >= 4 is 21.6 Å². The lowest BCUT2D eigenvalue weighted by Gasteiger charge is -2.45. The summed E-state index contributed by atoms with van der Waals surface area (Å²) < 4.78 is 65.9. The number of hydrogen-bond donors (Lipinski definition) is 2. The Kier molecular flexibility index (Phi) is 4.81. The van der Waals surface area contributed by atoms with Crippen LogP contribution in [0.15, 0.2) is 47.4 Å². The van der Waals surface area contributed by atoms with Crippen molar-refractivity contribution in [2.75, 3.05) is 18.4 Å². The molecule has 6 nitrogen and oxygen atoms in total. The lowest BCUT2D eigenvalue weighted by Crippen LogP contribution is -2.62. The summed E-state index contributed by atoms with van der Waals surface area (Å²) in [5.74, 6) is -0.226. The first kappa shape index (κ1) is 20.7. The van der Waals surface area contributed by atoms with Gasteiger partial charge < -0.3 is 10.6 Å². The van der Waals surface area contributed by atoms with Crippen LogP contribution in [0.1, 0.15) is 34.3 Å². The third-order valence-electron chi connectivity index (χ3n) is 5.60. The number of alkyl halides is 3. The van der Waals surface area contributed by atoms with Gasteiger partial charge in [-0.05, 0) is 36.8 Å². The van der Waals surface area contributed by atoms with Crippen LogP contribution in [0.4, 0.5) is 18.9 Å². The van der Waals surface area contributed by atoms with Gasteiger partial charge in [-0.3, -0.25) is 4.79 Å². The highest BCUT2D eigenvalue weighted by molar-refractivity contribution is 7.89. The molecule has 1 amide bonds. The molecule has 1 saturated heterocycles. The minimum absolute atomic E-state index is 0.0625. The van der Waals surface area contributed by atoms with Gasteiger partial charge in [0.1, 0.15) is 5.66 Å². The van der Waals surface area contributed by atoms with Crippen molar-refractivity contribution in [3.8, 4) is 0 Å². The van der Waals surface area contributed by atoms with E-state index in [-0.39, 0.29) is 31.8 Å². The second-order valence-corrected chi connectivity index (χ2v) is 9.53. The van der Waals surface area contributed by atoms with E-state index in [0.29, 0.717) is 17.3 Å². The van der Waals surface area contributed by atoms with E-state index in [1.807, 2.05) is 19.1 Å². The summed E-state index contributed by atoms with van der Waals surface area (Å²) in [6.07, 6.45) is -4.06. The summed E-state index contributed by atoms with van der Waals surface area (Å²) in [5, 5.41) is 6.27. The Morgan fingerprint density at radius 2 is 1.70 bits per heavy atom. The summed E-state index contributed by atoms with van der Waals surface area (Å²) in [7, 11) is -4.09. The maximum absolute atomic E-state index is 13.0. The summed E-state index contributed by atoms with van der Waals surface area (Å²) in [6, 6.07) is 9.21. The van der Waals surface area contributed by atoms with Crippen molar-refractivity contribution in [2.45, 2.75) is 36.5 Å². The van der Waals surface area contributed by atoms with Crippen molar-refractivity contribution in [1.82, 2.24) is 9.62 Å². The molecule has 1 spiro atoms. The maximum Gasteiger partial charge on any atom is 0.416 e. The average molecular weight is 439 g/mol. The Bertz CT molecular complexity index is 1110. The molecule has 0 aliphatic carbocycles. The van der Waals surface area contributed by atoms with Gasteiger partial charge in [0, 0.05) is 31.6 Å². The first-order valence-corrected chi connectivity index (χ1v) is 10.8. The quantitative estimate of drug-likeness (QED) is 0.752. The van der Waals surface area contributed by atoms with Crippen LogP contribution in [-0.2, 0) is 16.2 Å². The largest absolute Gasteiger partial charge is 0.416 e. The Hall–Kier alpha value is -2.59. The number of benzene rings is 2. The first-order valence-electron chi connectivity index (χ1n) is 9.40. The molecular formula is C20H20F3N3O3S. The highest BCUT2D eigenvalue weighted by Gasteiger charge is 2.43. The number of hydrogen-bond acceptors (Lipinski definition) is 4. The average Bonchev–Trinajstić information content (AvgIpc) is 2.67. The number of sulfonamides is 1. The predicted octanol–water partition coefficient (Wildman–Crippen LogP) is 3.35. The van der Waals surface area contributed by atoms with Crippen molar-refractivity contribution in [3.05, 3.63) is 59.2 Å². The van der Waals surface area contributed by atoms with Gasteiger partial charge in [-0.15, -0.1) is 0 Å². The van der Waals surface area contributed by atoms with Crippen LogP contribution in [0.3, 0.4) is 0 Å². The molecular weight excluding hydrogens is 419 g/mol. The summed E-state index contributed by atoms with van der Waals surface area (Å²) in [4.78, 5) is 12.2. The highest BCUT2D eigenvalue weighted by atomic mass is 32.2. The Balaban J connectivity index is 1.54. The van der Waals surface area contributed by atoms with Crippen LogP contribution in [0.25, 0.3) is 0 Å². The molecule has 2 N–H and O–H groups in total. The van der Waals surface area contributed by atoms with E-state index in [9.17, 15) is 26.4 Å². The maximum atomic E-state index is 13.0. The lowest BCUT2D eigenvalue weighted by molar-refractivity contribution is -0.137. The number of nitrogens with zero attached hydrogens (tertiary/aromatic N) is 1. The number of rotatable bonds is 2. The predicted molar refractivity (Wildman–Crippen MR) is 104 cm³/mol. The topological polar surface area (TPSA) is 78.5 Å². The third-order valence-corrected chi connectivity index (χ3v) is 7.50. The Morgan fingerprint density at radius 1 is 1.03 bits per heavy atom. The first-order chi connectivity index (χ1) is 14.0. The van der Waals surface area contributed by atoms with E-state index in [4.69, 9.17) is 0 Å². The van der Waals surface area contributed by atoms with E-state index >= 15 is 0 Å². The summed E-state index contributed by atoms with van der Waals surface area (Å²) >= 11 is 0. The number of halogens is 3. The van der Waals surface area contributed by atoms with Crippen molar-refractivity contribution < 1.29 is 26.4 Å². The number of anilines is 1. The minimum Gasteiger partial charge on any atom is -0.362 e. The smallest absolute Gasteiger partial charge is 0.362 e. The zero-order valence-electron chi connectivity index (χ0n) is 16.1. The lowest BCUT2D eigenvalue weighted by atomic mass is 9.92. The van der Waals surface area contributed by atoms with Gasteiger partial charge in [0.05, 0.1) is 16.0 Å². The van der Waals surface area contributed by atoms with Gasteiger partial charge >= 0.3 is 6.18 Å². The van der Waals surface area contributed by atoms with Gasteiger partial charge in [-0.2, -0.15) is 17.5 Å². The molecule has 30 heavy (non-hydrogen) atoms. The van der Waals surface area contributed by atoms with Crippen molar-refractivity contribution in [3.63, 3.8) is 0 Å². The van der Waals surface area contributed by atoms with Gasteiger partial charge in [0.25, 0.3) is 5.91 Å². The molecule has 2 aromatic rings. The second kappa shape index (κ2) is 6.98. The fourth-order valence-electron chi connectivity index (χ4n) is 3.98. The fourth-order valence-corrected chi connectivity index (χ4v) is 5.47. The zero-order chi connectivity index (χ0) is 21.7. The number of piperidine rings is 1. The molecule has 0 radical (unpaired) electrons. The molecule has 2 heterocycles. The second-order valence-electron chi connectivity index (χ2n) is 7.59. The molecule has 2 aliphatic rings. The molecule has 0 aromatic heterocycles. The molecule has 1 fully saturated rings. The van der Waals surface area contributed by atoms with Gasteiger partial charge in [0.2, 0.25) is 10.0 Å². The molecule has 2 aliphatic heterocycles. The van der Waals surface area contributed by atoms with Crippen LogP contribution in [0, 0.1) is 6.92 Å². The van der Waals surface area contributed by atoms with E-state index in [0.717, 1.165) is 28.1 Å². The van der Waals surface area contributed by atoms with E-state index < -0.39 is 32.3 Å². The normalized spacial score (nSPS) is 19.1. The number of amides is 1. The molecule has 10 heteroatoms. The van der Waals surface area contributed by atoms with Gasteiger partial charge in [-0.25, -0.2) is 8.42 Å². The molecule has 2 aromatic carbocycles. The number of nitrogens with one attached hydrogen (secondary N) is 2. The molecule has 0 bridgehead atoms. The molecule has 160 valence electrons. The molecule has 0 unspecified atom stereocenters. The minimum atomic E-state index is -4.63. The van der Waals surface area contributed by atoms with Crippen LogP contribution in [-0.4, -0.2) is 37.4 Å². The molecule has 0 atom stereocenters. The van der Waals surface area contributed by atoms with Crippen LogP contribution < -0.4 is 10.6 Å². The monoisotopic (exact) mass is 439 g/mol. The highest BCUT2D eigenvalue weighted by Crippen LogP contribution is 2.35. The number of carbonyl (C=O) groups is 1. The van der Waals surface area contributed by atoms with Crippen LogP contribution in [0.5, 0.6) is 0 Å². The van der Waals surface area contributed by atoms with Gasteiger partial charge in [0.15, 0.2) is 0 Å². The zero-order valence-corrected chi connectivity index (χ0v) is 16.9. The Morgan fingerprint density at radius 3 is 2.37 bits per heavy atom. The van der Waals surface area contributed by atoms with Crippen LogP contribution >= 0.6 is 0 Å². The Labute approximate surface area is 172 Å². The van der Waals surface area contributed by atoms with E-state index in [2.05, 4.69) is 10.6 Å². The summed E-state index contributed by atoms with van der Waals surface area (Å²) in [6.45, 7) is 1.96. The third kappa shape index (κ3) is 3.54. The molecule has 4 rings (SSSR count). The fraction of sp³-hybridized carbons (Fsp3) is 0.350. The van der Waals surface area contributed by atoms with Crippen LogP contribution in [0.2, 0.25) is 0 Å². The van der Waals surface area contributed by atoms with Crippen molar-refractivity contribution in [1.29, 1.82) is 0 Å². The van der Waals surface area contributed by atoms with E-state index in [1.54, 1.807) is 6.07 Å².